The Balaban J connectivity index is 2.28. The highest BCUT2D eigenvalue weighted by Gasteiger charge is 2.04. The van der Waals surface area contributed by atoms with E-state index in [-0.39, 0.29) is 0 Å². The Bertz CT molecular complexity index is 319. The van der Waals surface area contributed by atoms with Gasteiger partial charge in [0.05, 0.1) is 12.3 Å². The van der Waals surface area contributed by atoms with Crippen molar-refractivity contribution in [2.24, 2.45) is 0 Å². The molecule has 1 N–H and O–H groups in total. The molecule has 0 saturated heterocycles. The van der Waals surface area contributed by atoms with Crippen LogP contribution in [0.2, 0.25) is 0 Å². The lowest BCUT2D eigenvalue weighted by molar-refractivity contribution is 0.125. The van der Waals surface area contributed by atoms with E-state index in [1.807, 2.05) is 25.1 Å². The summed E-state index contributed by atoms with van der Waals surface area (Å²) in [5, 5.41) is 7.23. The molecule has 0 saturated carbocycles. The summed E-state index contributed by atoms with van der Waals surface area (Å²) < 4.78 is 10.5. The van der Waals surface area contributed by atoms with E-state index in [9.17, 15) is 0 Å². The summed E-state index contributed by atoms with van der Waals surface area (Å²) >= 11 is 0. The SMILES string of the molecule is CC=CCOCc1cc(CNC(C)C)no1. The lowest BCUT2D eigenvalue weighted by atomic mass is 10.3. The van der Waals surface area contributed by atoms with Gasteiger partial charge >= 0.3 is 0 Å². The molecule has 0 aliphatic rings. The van der Waals surface area contributed by atoms with Crippen LogP contribution in [0.5, 0.6) is 0 Å². The fraction of sp³-hybridized carbons (Fsp3) is 0.583. The number of nitrogens with one attached hydrogen (secondary N) is 1. The van der Waals surface area contributed by atoms with Gasteiger partial charge in [-0.2, -0.15) is 0 Å². The Kier molecular flexibility index (Phi) is 5.82. The van der Waals surface area contributed by atoms with Crippen molar-refractivity contribution >= 4 is 0 Å². The van der Waals surface area contributed by atoms with E-state index in [4.69, 9.17) is 9.26 Å². The van der Waals surface area contributed by atoms with Gasteiger partial charge in [-0.3, -0.25) is 0 Å². The first-order valence-electron chi connectivity index (χ1n) is 5.59. The minimum absolute atomic E-state index is 0.450. The van der Waals surface area contributed by atoms with Gasteiger partial charge in [-0.1, -0.05) is 31.2 Å². The van der Waals surface area contributed by atoms with E-state index < -0.39 is 0 Å². The second-order valence-electron chi connectivity index (χ2n) is 3.90. The van der Waals surface area contributed by atoms with Crippen molar-refractivity contribution in [1.29, 1.82) is 0 Å². The Hall–Kier alpha value is -1.13. The summed E-state index contributed by atoms with van der Waals surface area (Å²) in [7, 11) is 0. The molecule has 0 fully saturated rings. The van der Waals surface area contributed by atoms with Crippen LogP contribution in [0.4, 0.5) is 0 Å². The van der Waals surface area contributed by atoms with Crippen LogP contribution in [-0.2, 0) is 17.9 Å². The van der Waals surface area contributed by atoms with Gasteiger partial charge in [-0.15, -0.1) is 0 Å². The van der Waals surface area contributed by atoms with E-state index in [0.717, 1.165) is 18.0 Å². The van der Waals surface area contributed by atoms with E-state index in [1.165, 1.54) is 0 Å². The van der Waals surface area contributed by atoms with Gasteiger partial charge in [-0.25, -0.2) is 0 Å². The van der Waals surface area contributed by atoms with Gasteiger partial charge in [0.25, 0.3) is 0 Å². The fourth-order valence-electron chi connectivity index (χ4n) is 1.14. The second kappa shape index (κ2) is 7.19. The fourth-order valence-corrected chi connectivity index (χ4v) is 1.14. The van der Waals surface area contributed by atoms with Crippen LogP contribution in [0.3, 0.4) is 0 Å². The van der Waals surface area contributed by atoms with Gasteiger partial charge in [-0.05, 0) is 6.92 Å². The Morgan fingerprint density at radius 2 is 2.38 bits per heavy atom. The van der Waals surface area contributed by atoms with Crippen molar-refractivity contribution in [3.05, 3.63) is 29.7 Å². The van der Waals surface area contributed by atoms with Crippen molar-refractivity contribution in [3.8, 4) is 0 Å². The van der Waals surface area contributed by atoms with Crippen LogP contribution >= 0.6 is 0 Å². The summed E-state index contributed by atoms with van der Waals surface area (Å²) in [5.74, 6) is 0.769. The van der Waals surface area contributed by atoms with Gasteiger partial charge < -0.3 is 14.6 Å². The number of nitrogens with zero attached hydrogens (tertiary/aromatic N) is 1. The molecule has 1 heterocycles. The molecule has 0 unspecified atom stereocenters. The van der Waals surface area contributed by atoms with Crippen LogP contribution in [-0.4, -0.2) is 17.8 Å². The molecule has 4 nitrogen and oxygen atoms in total. The zero-order valence-corrected chi connectivity index (χ0v) is 10.2. The van der Waals surface area contributed by atoms with Crippen molar-refractivity contribution in [2.75, 3.05) is 6.61 Å². The number of hydrogen-bond donors (Lipinski definition) is 1. The van der Waals surface area contributed by atoms with Crippen LogP contribution in [0.1, 0.15) is 32.2 Å². The van der Waals surface area contributed by atoms with Crippen LogP contribution in [0.25, 0.3) is 0 Å². The summed E-state index contributed by atoms with van der Waals surface area (Å²) in [6, 6.07) is 2.37. The summed E-state index contributed by atoms with van der Waals surface area (Å²) in [5.41, 5.74) is 0.915. The van der Waals surface area contributed by atoms with Crippen LogP contribution < -0.4 is 5.32 Å². The van der Waals surface area contributed by atoms with E-state index in [2.05, 4.69) is 24.3 Å². The highest BCUT2D eigenvalue weighted by atomic mass is 16.5. The van der Waals surface area contributed by atoms with Crippen molar-refractivity contribution in [3.63, 3.8) is 0 Å². The lowest BCUT2D eigenvalue weighted by Crippen LogP contribution is -2.21. The molecule has 0 spiro atoms. The predicted molar refractivity (Wildman–Crippen MR) is 62.9 cm³/mol. The maximum absolute atomic E-state index is 5.36. The van der Waals surface area contributed by atoms with E-state index in [1.54, 1.807) is 0 Å². The van der Waals surface area contributed by atoms with Crippen LogP contribution in [0.15, 0.2) is 22.7 Å². The minimum atomic E-state index is 0.450. The normalized spacial score (nSPS) is 11.8. The third kappa shape index (κ3) is 5.09. The van der Waals surface area contributed by atoms with Gasteiger partial charge in [0.15, 0.2) is 5.76 Å². The van der Waals surface area contributed by atoms with Crippen LogP contribution in [0, 0.1) is 0 Å². The predicted octanol–water partition coefficient (Wildman–Crippen LogP) is 2.27. The van der Waals surface area contributed by atoms with Gasteiger partial charge in [0.1, 0.15) is 6.61 Å². The molecule has 1 aromatic heterocycles. The van der Waals surface area contributed by atoms with Gasteiger partial charge in [0.2, 0.25) is 0 Å². The molecular weight excluding hydrogens is 204 g/mol. The average molecular weight is 224 g/mol. The lowest BCUT2D eigenvalue weighted by Gasteiger charge is -2.03. The Morgan fingerprint density at radius 3 is 3.06 bits per heavy atom. The first kappa shape index (κ1) is 12.9. The minimum Gasteiger partial charge on any atom is -0.369 e. The summed E-state index contributed by atoms with van der Waals surface area (Å²) in [4.78, 5) is 0. The molecule has 0 bridgehead atoms. The molecule has 0 atom stereocenters. The Labute approximate surface area is 96.7 Å². The second-order valence-corrected chi connectivity index (χ2v) is 3.90. The number of allylic oxidation sites excluding steroid dienone is 1. The summed E-state index contributed by atoms with van der Waals surface area (Å²) in [6.45, 7) is 7.97. The molecule has 0 aliphatic carbocycles. The monoisotopic (exact) mass is 224 g/mol. The molecule has 0 aliphatic heterocycles. The largest absolute Gasteiger partial charge is 0.369 e. The highest BCUT2D eigenvalue weighted by molar-refractivity contribution is 5.04. The molecule has 16 heavy (non-hydrogen) atoms. The standard InChI is InChI=1S/C12H20N2O2/c1-4-5-6-15-9-12-7-11(14-16-12)8-13-10(2)3/h4-5,7,10,13H,6,8-9H2,1-3H3. The van der Waals surface area contributed by atoms with Crippen molar-refractivity contribution in [2.45, 2.75) is 40.0 Å². The number of ether oxygens (including phenoxy) is 1. The van der Waals surface area contributed by atoms with Crippen molar-refractivity contribution < 1.29 is 9.26 Å². The zero-order chi connectivity index (χ0) is 11.8. The molecule has 0 radical (unpaired) electrons. The maximum atomic E-state index is 5.36. The maximum Gasteiger partial charge on any atom is 0.162 e. The van der Waals surface area contributed by atoms with Crippen molar-refractivity contribution in [1.82, 2.24) is 10.5 Å². The first-order valence-corrected chi connectivity index (χ1v) is 5.59. The number of hydrogen-bond acceptors (Lipinski definition) is 4. The first-order chi connectivity index (χ1) is 7.72. The molecule has 1 aromatic rings. The van der Waals surface area contributed by atoms with E-state index >= 15 is 0 Å². The smallest absolute Gasteiger partial charge is 0.162 e. The number of rotatable bonds is 7. The zero-order valence-electron chi connectivity index (χ0n) is 10.2. The van der Waals surface area contributed by atoms with E-state index in [0.29, 0.717) is 19.3 Å². The summed E-state index contributed by atoms with van der Waals surface area (Å²) in [6.07, 6.45) is 3.91. The Morgan fingerprint density at radius 1 is 1.56 bits per heavy atom. The molecule has 0 aromatic carbocycles. The molecule has 4 heteroatoms. The highest BCUT2D eigenvalue weighted by Crippen LogP contribution is 2.05. The third-order valence-corrected chi connectivity index (χ3v) is 1.99. The molecular formula is C12H20N2O2. The number of aromatic nitrogens is 1. The quantitative estimate of drug-likeness (QED) is 0.570. The molecule has 0 amide bonds. The molecule has 90 valence electrons. The average Bonchev–Trinajstić information content (AvgIpc) is 2.70. The third-order valence-electron chi connectivity index (χ3n) is 1.99. The van der Waals surface area contributed by atoms with Gasteiger partial charge in [0, 0.05) is 18.7 Å². The topological polar surface area (TPSA) is 47.3 Å². The molecule has 1 rings (SSSR count).